The largest absolute Gasteiger partial charge is 0.464 e. The van der Waals surface area contributed by atoms with Crippen LogP contribution in [0, 0.1) is 5.92 Å². The summed E-state index contributed by atoms with van der Waals surface area (Å²) >= 11 is 0. The Morgan fingerprint density at radius 1 is 1.50 bits per heavy atom. The van der Waals surface area contributed by atoms with Crippen molar-refractivity contribution in [2.24, 2.45) is 5.92 Å². The standard InChI is InChI=1S/C10H15NO3/c1-3-14-9(13)10-4-8(5-10)6-11(10)7(2)12/h8H,3-6H2,1-2H3. The molecule has 78 valence electrons. The Morgan fingerprint density at radius 2 is 2.14 bits per heavy atom. The summed E-state index contributed by atoms with van der Waals surface area (Å²) in [5.74, 6) is 0.283. The van der Waals surface area contributed by atoms with Gasteiger partial charge in [0.15, 0.2) is 0 Å². The minimum Gasteiger partial charge on any atom is -0.464 e. The third kappa shape index (κ3) is 1.06. The first-order chi connectivity index (χ1) is 6.60. The molecule has 2 saturated heterocycles. The van der Waals surface area contributed by atoms with Gasteiger partial charge in [-0.3, -0.25) is 4.79 Å². The molecular weight excluding hydrogens is 182 g/mol. The lowest BCUT2D eigenvalue weighted by Crippen LogP contribution is -2.54. The molecule has 0 N–H and O–H groups in total. The topological polar surface area (TPSA) is 46.6 Å². The van der Waals surface area contributed by atoms with Crippen molar-refractivity contribution < 1.29 is 14.3 Å². The second-order valence-corrected chi connectivity index (χ2v) is 4.16. The number of hydrogen-bond donors (Lipinski definition) is 0. The number of amides is 1. The predicted molar refractivity (Wildman–Crippen MR) is 49.5 cm³/mol. The minimum absolute atomic E-state index is 0.0157. The Morgan fingerprint density at radius 3 is 2.64 bits per heavy atom. The molecule has 0 aromatic carbocycles. The van der Waals surface area contributed by atoms with E-state index in [1.54, 1.807) is 11.8 Å². The molecule has 0 radical (unpaired) electrons. The van der Waals surface area contributed by atoms with Crippen molar-refractivity contribution in [2.45, 2.75) is 32.2 Å². The summed E-state index contributed by atoms with van der Waals surface area (Å²) in [5.41, 5.74) is -0.591. The normalized spacial score (nSPS) is 33.9. The molecule has 2 aliphatic heterocycles. The zero-order valence-corrected chi connectivity index (χ0v) is 8.58. The number of rotatable bonds is 2. The molecule has 1 amide bonds. The first-order valence-electron chi connectivity index (χ1n) is 5.05. The number of nitrogens with zero attached hydrogens (tertiary/aromatic N) is 1. The van der Waals surface area contributed by atoms with Crippen LogP contribution in [-0.4, -0.2) is 35.5 Å². The van der Waals surface area contributed by atoms with Crippen molar-refractivity contribution in [1.82, 2.24) is 4.90 Å². The monoisotopic (exact) mass is 197 g/mol. The van der Waals surface area contributed by atoms with Gasteiger partial charge in [-0.15, -0.1) is 0 Å². The molecule has 0 spiro atoms. The molecule has 2 heterocycles. The van der Waals surface area contributed by atoms with Crippen LogP contribution in [0.4, 0.5) is 0 Å². The Kier molecular flexibility index (Phi) is 2.01. The highest BCUT2D eigenvalue weighted by atomic mass is 16.5. The molecule has 0 aromatic heterocycles. The Labute approximate surface area is 83.2 Å². The molecule has 0 unspecified atom stereocenters. The summed E-state index contributed by atoms with van der Waals surface area (Å²) in [6, 6.07) is 0. The highest BCUT2D eigenvalue weighted by molar-refractivity contribution is 5.89. The van der Waals surface area contributed by atoms with Gasteiger partial charge in [-0.2, -0.15) is 0 Å². The van der Waals surface area contributed by atoms with E-state index in [1.807, 2.05) is 0 Å². The lowest BCUT2D eigenvalue weighted by atomic mass is 9.73. The Bertz CT molecular complexity index is 281. The van der Waals surface area contributed by atoms with Crippen LogP contribution < -0.4 is 0 Å². The molecule has 2 bridgehead atoms. The molecule has 3 fully saturated rings. The molecular formula is C10H15NO3. The third-order valence-electron chi connectivity index (χ3n) is 3.25. The minimum atomic E-state index is -0.591. The second-order valence-electron chi connectivity index (χ2n) is 4.16. The molecule has 0 atom stereocenters. The summed E-state index contributed by atoms with van der Waals surface area (Å²) in [5, 5.41) is 0. The fourth-order valence-corrected chi connectivity index (χ4v) is 2.65. The van der Waals surface area contributed by atoms with Crippen molar-refractivity contribution in [3.05, 3.63) is 0 Å². The van der Waals surface area contributed by atoms with Crippen LogP contribution in [-0.2, 0) is 14.3 Å². The van der Waals surface area contributed by atoms with Crippen molar-refractivity contribution in [3.63, 3.8) is 0 Å². The summed E-state index contributed by atoms with van der Waals surface area (Å²) < 4.78 is 5.01. The summed E-state index contributed by atoms with van der Waals surface area (Å²) in [6.07, 6.45) is 1.59. The lowest BCUT2D eigenvalue weighted by molar-refractivity contribution is -0.163. The first-order valence-corrected chi connectivity index (χ1v) is 5.05. The van der Waals surface area contributed by atoms with Gasteiger partial charge in [-0.05, 0) is 25.7 Å². The van der Waals surface area contributed by atoms with Crippen molar-refractivity contribution in [1.29, 1.82) is 0 Å². The van der Waals surface area contributed by atoms with Gasteiger partial charge >= 0.3 is 5.97 Å². The van der Waals surface area contributed by atoms with Crippen LogP contribution in [0.5, 0.6) is 0 Å². The average molecular weight is 197 g/mol. The molecule has 3 rings (SSSR count). The van der Waals surface area contributed by atoms with E-state index in [2.05, 4.69) is 0 Å². The summed E-state index contributed by atoms with van der Waals surface area (Å²) in [4.78, 5) is 24.7. The van der Waals surface area contributed by atoms with Gasteiger partial charge in [-0.25, -0.2) is 4.79 Å². The third-order valence-corrected chi connectivity index (χ3v) is 3.25. The van der Waals surface area contributed by atoms with Gasteiger partial charge in [0, 0.05) is 13.5 Å². The van der Waals surface area contributed by atoms with Crippen LogP contribution in [0.1, 0.15) is 26.7 Å². The molecule has 14 heavy (non-hydrogen) atoms. The molecule has 4 heteroatoms. The van der Waals surface area contributed by atoms with Gasteiger partial charge in [-0.1, -0.05) is 0 Å². The maximum absolute atomic E-state index is 11.7. The molecule has 1 saturated carbocycles. The van der Waals surface area contributed by atoms with Crippen LogP contribution in [0.15, 0.2) is 0 Å². The van der Waals surface area contributed by atoms with Gasteiger partial charge in [0.1, 0.15) is 5.54 Å². The number of hydrogen-bond acceptors (Lipinski definition) is 3. The quantitative estimate of drug-likeness (QED) is 0.608. The second kappa shape index (κ2) is 2.97. The smallest absolute Gasteiger partial charge is 0.332 e. The maximum Gasteiger partial charge on any atom is 0.332 e. The zero-order valence-electron chi connectivity index (χ0n) is 8.58. The van der Waals surface area contributed by atoms with Crippen LogP contribution >= 0.6 is 0 Å². The van der Waals surface area contributed by atoms with Gasteiger partial charge in [0.25, 0.3) is 0 Å². The number of esters is 1. The number of carbonyl (C=O) groups is 2. The van der Waals surface area contributed by atoms with Gasteiger partial charge in [0.2, 0.25) is 5.91 Å². The fraction of sp³-hybridized carbons (Fsp3) is 0.800. The Balaban J connectivity index is 2.15. The molecule has 0 aromatic rings. The van der Waals surface area contributed by atoms with Crippen LogP contribution in [0.2, 0.25) is 0 Å². The highest BCUT2D eigenvalue weighted by Crippen LogP contribution is 2.51. The van der Waals surface area contributed by atoms with E-state index in [-0.39, 0.29) is 11.9 Å². The van der Waals surface area contributed by atoms with Crippen molar-refractivity contribution in [3.8, 4) is 0 Å². The number of ether oxygens (including phenoxy) is 1. The molecule has 4 nitrogen and oxygen atoms in total. The molecule has 1 aliphatic carbocycles. The summed E-state index contributed by atoms with van der Waals surface area (Å²) in [6.45, 7) is 4.42. The molecule has 3 aliphatic rings. The van der Waals surface area contributed by atoms with Crippen LogP contribution in [0.3, 0.4) is 0 Å². The first kappa shape index (κ1) is 9.49. The van der Waals surface area contributed by atoms with Crippen molar-refractivity contribution >= 4 is 11.9 Å². The van der Waals surface area contributed by atoms with E-state index < -0.39 is 5.54 Å². The highest BCUT2D eigenvalue weighted by Gasteiger charge is 2.62. The Hall–Kier alpha value is -1.06. The number of fused-ring (bicyclic) bond motifs is 1. The predicted octanol–water partition coefficient (Wildman–Crippen LogP) is 0.560. The lowest BCUT2D eigenvalue weighted by Gasteiger charge is -2.38. The SMILES string of the molecule is CCOC(=O)C12CC(CN1C(C)=O)C2. The maximum atomic E-state index is 11.7. The van der Waals surface area contributed by atoms with E-state index in [0.717, 1.165) is 19.4 Å². The van der Waals surface area contributed by atoms with Crippen LogP contribution in [0.25, 0.3) is 0 Å². The van der Waals surface area contributed by atoms with E-state index >= 15 is 0 Å². The van der Waals surface area contributed by atoms with Gasteiger partial charge < -0.3 is 9.64 Å². The van der Waals surface area contributed by atoms with E-state index in [9.17, 15) is 9.59 Å². The van der Waals surface area contributed by atoms with E-state index in [1.165, 1.54) is 6.92 Å². The van der Waals surface area contributed by atoms with Crippen molar-refractivity contribution in [2.75, 3.05) is 13.2 Å². The van der Waals surface area contributed by atoms with Gasteiger partial charge in [0.05, 0.1) is 6.61 Å². The van der Waals surface area contributed by atoms with E-state index in [0.29, 0.717) is 12.5 Å². The average Bonchev–Trinajstić information content (AvgIpc) is 2.56. The zero-order chi connectivity index (χ0) is 10.3. The number of carbonyl (C=O) groups excluding carboxylic acids is 2. The van der Waals surface area contributed by atoms with E-state index in [4.69, 9.17) is 4.74 Å². The summed E-state index contributed by atoms with van der Waals surface area (Å²) in [7, 11) is 0. The fourth-order valence-electron chi connectivity index (χ4n) is 2.65.